The van der Waals surface area contributed by atoms with Crippen LogP contribution < -0.4 is 15.3 Å². The van der Waals surface area contributed by atoms with Crippen LogP contribution in [0.25, 0.3) is 5.52 Å². The number of fused-ring (bicyclic) bond motifs is 1. The van der Waals surface area contributed by atoms with Crippen LogP contribution in [-0.2, 0) is 29.0 Å². The van der Waals surface area contributed by atoms with Gasteiger partial charge < -0.3 is 34.5 Å². The highest BCUT2D eigenvalue weighted by Gasteiger charge is 2.65. The van der Waals surface area contributed by atoms with E-state index in [0.717, 1.165) is 12.6 Å². The minimum Gasteiger partial charge on any atom is -0.465 e. The molecule has 5 N–H and O–H groups in total. The minimum atomic E-state index is -4.32. The van der Waals surface area contributed by atoms with Crippen molar-refractivity contribution in [1.29, 1.82) is 5.26 Å². The van der Waals surface area contributed by atoms with E-state index >= 15 is 0 Å². The third-order valence-electron chi connectivity index (χ3n) is 5.78. The molecule has 1 saturated heterocycles. The Kier molecular flexibility index (Phi) is 7.30. The van der Waals surface area contributed by atoms with E-state index in [9.17, 15) is 24.8 Å². The van der Waals surface area contributed by atoms with Gasteiger partial charge in [-0.3, -0.25) is 4.79 Å². The quantitative estimate of drug-likeness (QED) is 0.171. The standard InChI is InChI=1S/C23H25N6O8P/c1-3-34-19(30)11-28-38(33,37-15-7-5-4-6-8-15)35-12-17-20(31)22(2,32)23(13-24,36-17)18-10-9-16-21(25)26-14-27-29(16)18/h4-10,12,14,20,31-32H,3,11H2,1-2H3,(H,28,33)(H2,25,26,27). The molecule has 1 fully saturated rings. The van der Waals surface area contributed by atoms with Crippen molar-refractivity contribution in [2.45, 2.75) is 31.2 Å². The SMILES string of the molecule is CCOC(=O)CNP(=O)(OC=C1OC(C#N)(c2ccc3c(N)ncnn23)C(C)(O)C1O)Oc1ccccc1. The lowest BCUT2D eigenvalue weighted by Crippen LogP contribution is -2.51. The van der Waals surface area contributed by atoms with Crippen LogP contribution in [-0.4, -0.2) is 55.6 Å². The molecule has 0 saturated carbocycles. The zero-order chi connectivity index (χ0) is 27.6. The Balaban J connectivity index is 1.68. The molecular weight excluding hydrogens is 519 g/mol. The van der Waals surface area contributed by atoms with E-state index in [1.807, 2.05) is 6.07 Å². The van der Waals surface area contributed by atoms with Crippen molar-refractivity contribution in [2.75, 3.05) is 18.9 Å². The van der Waals surface area contributed by atoms with Gasteiger partial charge in [0.05, 0.1) is 6.61 Å². The Morgan fingerprint density at radius 2 is 2.11 bits per heavy atom. The van der Waals surface area contributed by atoms with Crippen molar-refractivity contribution in [3.05, 3.63) is 66.5 Å². The van der Waals surface area contributed by atoms with E-state index in [0.29, 0.717) is 5.52 Å². The van der Waals surface area contributed by atoms with E-state index in [4.69, 9.17) is 24.3 Å². The number of rotatable bonds is 9. The lowest BCUT2D eigenvalue weighted by atomic mass is 9.81. The Morgan fingerprint density at radius 3 is 2.79 bits per heavy atom. The summed E-state index contributed by atoms with van der Waals surface area (Å²) in [6.45, 7) is 2.37. The maximum absolute atomic E-state index is 13.5. The van der Waals surface area contributed by atoms with E-state index in [1.165, 1.54) is 35.7 Å². The summed E-state index contributed by atoms with van der Waals surface area (Å²) in [5.41, 5.74) is 1.82. The number of carbonyl (C=O) groups is 1. The summed E-state index contributed by atoms with van der Waals surface area (Å²) in [5, 5.41) is 38.8. The highest BCUT2D eigenvalue weighted by molar-refractivity contribution is 7.52. The van der Waals surface area contributed by atoms with Gasteiger partial charge in [0, 0.05) is 0 Å². The van der Waals surface area contributed by atoms with Gasteiger partial charge in [-0.1, -0.05) is 18.2 Å². The number of esters is 1. The molecule has 4 unspecified atom stereocenters. The highest BCUT2D eigenvalue weighted by Crippen LogP contribution is 2.50. The first-order chi connectivity index (χ1) is 18.1. The summed E-state index contributed by atoms with van der Waals surface area (Å²) >= 11 is 0. The van der Waals surface area contributed by atoms with Gasteiger partial charge in [-0.25, -0.2) is 14.1 Å². The molecule has 4 atom stereocenters. The summed E-state index contributed by atoms with van der Waals surface area (Å²) in [7, 11) is -4.32. The molecule has 1 aliphatic rings. The van der Waals surface area contributed by atoms with Gasteiger partial charge in [-0.05, 0) is 38.1 Å². The first kappa shape index (κ1) is 26.9. The number of hydrogen-bond donors (Lipinski definition) is 4. The fourth-order valence-corrected chi connectivity index (χ4v) is 4.97. The number of nitrogens with zero attached hydrogens (tertiary/aromatic N) is 4. The zero-order valence-electron chi connectivity index (χ0n) is 20.3. The number of nitriles is 1. The van der Waals surface area contributed by atoms with E-state index in [1.54, 1.807) is 25.1 Å². The molecule has 38 heavy (non-hydrogen) atoms. The molecular formula is C23H25N6O8P. The summed E-state index contributed by atoms with van der Waals surface area (Å²) < 4.78 is 36.2. The molecule has 200 valence electrons. The zero-order valence-corrected chi connectivity index (χ0v) is 21.2. The van der Waals surface area contributed by atoms with Gasteiger partial charge in [0.2, 0.25) is 0 Å². The fourth-order valence-electron chi connectivity index (χ4n) is 3.82. The van der Waals surface area contributed by atoms with Crippen molar-refractivity contribution in [2.24, 2.45) is 0 Å². The number of hydrogen-bond acceptors (Lipinski definition) is 12. The van der Waals surface area contributed by atoms with Crippen molar-refractivity contribution < 1.29 is 38.1 Å². The molecule has 0 radical (unpaired) electrons. The lowest BCUT2D eigenvalue weighted by molar-refractivity contribution is -0.141. The van der Waals surface area contributed by atoms with Crippen LogP contribution in [0.4, 0.5) is 5.82 Å². The van der Waals surface area contributed by atoms with Gasteiger partial charge in [-0.15, -0.1) is 0 Å². The molecule has 15 heteroatoms. The Labute approximate surface area is 216 Å². The number of aliphatic hydroxyl groups excluding tert-OH is 1. The van der Waals surface area contributed by atoms with Crippen LogP contribution in [0.3, 0.4) is 0 Å². The summed E-state index contributed by atoms with van der Waals surface area (Å²) in [5.74, 6) is -0.897. The molecule has 1 aromatic carbocycles. The van der Waals surface area contributed by atoms with E-state index in [-0.39, 0.29) is 23.9 Å². The number of para-hydroxylation sites is 1. The number of anilines is 1. The van der Waals surface area contributed by atoms with Crippen LogP contribution in [0.1, 0.15) is 19.5 Å². The Hall–Kier alpha value is -4.15. The number of ether oxygens (including phenoxy) is 2. The molecule has 0 aliphatic carbocycles. The third kappa shape index (κ3) is 4.75. The topological polar surface area (TPSA) is 204 Å². The first-order valence-electron chi connectivity index (χ1n) is 11.3. The number of aromatic nitrogens is 3. The molecule has 3 heterocycles. The third-order valence-corrected chi connectivity index (χ3v) is 7.16. The first-order valence-corrected chi connectivity index (χ1v) is 12.8. The second-order valence-electron chi connectivity index (χ2n) is 8.27. The smallest absolute Gasteiger partial charge is 0.465 e. The average Bonchev–Trinajstić information content (AvgIpc) is 3.41. The van der Waals surface area contributed by atoms with Gasteiger partial charge in [0.25, 0.3) is 5.60 Å². The van der Waals surface area contributed by atoms with Crippen LogP contribution >= 0.6 is 7.75 Å². The van der Waals surface area contributed by atoms with Gasteiger partial charge in [-0.2, -0.15) is 15.4 Å². The van der Waals surface area contributed by atoms with Gasteiger partial charge in [0.1, 0.15) is 48.3 Å². The molecule has 0 bridgehead atoms. The van der Waals surface area contributed by atoms with Crippen molar-refractivity contribution in [3.8, 4) is 11.8 Å². The van der Waals surface area contributed by atoms with E-state index in [2.05, 4.69) is 15.2 Å². The van der Waals surface area contributed by atoms with Crippen LogP contribution in [0.2, 0.25) is 0 Å². The van der Waals surface area contributed by atoms with Crippen LogP contribution in [0.15, 0.2) is 60.8 Å². The summed E-state index contributed by atoms with van der Waals surface area (Å²) in [6, 6.07) is 12.9. The van der Waals surface area contributed by atoms with Crippen molar-refractivity contribution in [3.63, 3.8) is 0 Å². The Bertz CT molecular complexity index is 1450. The largest absolute Gasteiger partial charge is 0.512 e. The second-order valence-corrected chi connectivity index (χ2v) is 9.98. The van der Waals surface area contributed by atoms with Gasteiger partial charge in [0.15, 0.2) is 17.2 Å². The predicted molar refractivity (Wildman–Crippen MR) is 131 cm³/mol. The highest BCUT2D eigenvalue weighted by atomic mass is 31.2. The molecule has 14 nitrogen and oxygen atoms in total. The summed E-state index contributed by atoms with van der Waals surface area (Å²) in [4.78, 5) is 15.7. The average molecular weight is 544 g/mol. The van der Waals surface area contributed by atoms with Crippen molar-refractivity contribution >= 4 is 25.1 Å². The minimum absolute atomic E-state index is 0.0423. The number of carbonyl (C=O) groups excluding carboxylic acids is 1. The lowest BCUT2D eigenvalue weighted by Gasteiger charge is -2.32. The molecule has 1 aliphatic heterocycles. The number of nitrogens with one attached hydrogen (secondary N) is 1. The van der Waals surface area contributed by atoms with Crippen LogP contribution in [0.5, 0.6) is 5.75 Å². The maximum atomic E-state index is 13.5. The molecule has 3 aromatic rings. The predicted octanol–water partition coefficient (Wildman–Crippen LogP) is 1.37. The van der Waals surface area contributed by atoms with Crippen LogP contribution in [0, 0.1) is 11.3 Å². The maximum Gasteiger partial charge on any atom is 0.512 e. The monoisotopic (exact) mass is 544 g/mol. The molecule has 0 amide bonds. The van der Waals surface area contributed by atoms with Gasteiger partial charge >= 0.3 is 13.7 Å². The molecule has 0 spiro atoms. The summed E-state index contributed by atoms with van der Waals surface area (Å²) in [6.07, 6.45) is 0.0878. The normalized spacial score (nSPS) is 25.3. The number of nitrogen functional groups attached to an aromatic ring is 1. The number of benzene rings is 1. The molecule has 4 rings (SSSR count). The Morgan fingerprint density at radius 1 is 1.37 bits per heavy atom. The second kappa shape index (κ2) is 10.3. The number of nitrogens with two attached hydrogens (primary N) is 1. The number of aliphatic hydroxyl groups is 2. The molecule has 2 aromatic heterocycles. The fraction of sp³-hybridized carbons (Fsp3) is 0.304. The van der Waals surface area contributed by atoms with Crippen molar-refractivity contribution in [1.82, 2.24) is 19.7 Å². The van der Waals surface area contributed by atoms with E-state index < -0.39 is 43.3 Å².